The van der Waals surface area contributed by atoms with Gasteiger partial charge in [0.05, 0.1) is 0 Å². The van der Waals surface area contributed by atoms with Crippen molar-refractivity contribution in [3.05, 3.63) is 95.9 Å². The normalized spacial score (nSPS) is 14.4. The maximum absolute atomic E-state index is 13.6. The lowest BCUT2D eigenvalue weighted by Crippen LogP contribution is -2.52. The molecule has 0 spiro atoms. The van der Waals surface area contributed by atoms with Crippen molar-refractivity contribution in [1.82, 2.24) is 10.3 Å². The van der Waals surface area contributed by atoms with Crippen LogP contribution in [0.4, 0.5) is 18.9 Å². The number of rotatable bonds is 7. The smallest absolute Gasteiger partial charge is 0.452 e. The van der Waals surface area contributed by atoms with E-state index in [-0.39, 0.29) is 11.6 Å². The third kappa shape index (κ3) is 5.84. The predicted molar refractivity (Wildman–Crippen MR) is 143 cm³/mol. The highest BCUT2D eigenvalue weighted by atomic mass is 19.4. The Bertz CT molecular complexity index is 1570. The molecular weight excluding hydrogens is 539 g/mol. The number of nitrogens with one attached hydrogen (secondary N) is 2. The van der Waals surface area contributed by atoms with E-state index >= 15 is 0 Å². The summed E-state index contributed by atoms with van der Waals surface area (Å²) >= 11 is 0. The predicted octanol–water partition coefficient (Wildman–Crippen LogP) is 6.41. The average molecular weight is 564 g/mol. The van der Waals surface area contributed by atoms with Crippen molar-refractivity contribution in [3.63, 3.8) is 0 Å². The molecule has 0 radical (unpaired) electrons. The Morgan fingerprint density at radius 3 is 1.95 bits per heavy atom. The molecule has 0 aliphatic heterocycles. The molecule has 0 saturated heterocycles. The van der Waals surface area contributed by atoms with Crippen LogP contribution in [0.15, 0.2) is 83.3 Å². The number of anilines is 1. The summed E-state index contributed by atoms with van der Waals surface area (Å²) in [7, 11) is 0. The Hall–Kier alpha value is -4.93. The second-order valence-corrected chi connectivity index (χ2v) is 9.72. The maximum Gasteiger partial charge on any atom is 0.452 e. The lowest BCUT2D eigenvalue weighted by molar-refractivity contribution is -0.153. The van der Waals surface area contributed by atoms with Crippen LogP contribution in [0.3, 0.4) is 0 Å². The maximum atomic E-state index is 13.6. The number of carboxylic acids is 1. The van der Waals surface area contributed by atoms with Crippen LogP contribution < -0.4 is 10.6 Å². The summed E-state index contributed by atoms with van der Waals surface area (Å²) in [4.78, 5) is 41.0. The van der Waals surface area contributed by atoms with Crippen molar-refractivity contribution in [3.8, 4) is 22.6 Å². The van der Waals surface area contributed by atoms with E-state index in [9.17, 15) is 32.7 Å². The topological polar surface area (TPSA) is 122 Å². The van der Waals surface area contributed by atoms with Crippen molar-refractivity contribution in [2.75, 3.05) is 5.32 Å². The third-order valence-corrected chi connectivity index (χ3v) is 6.96. The van der Waals surface area contributed by atoms with Crippen LogP contribution in [0.5, 0.6) is 0 Å². The number of amides is 2. The van der Waals surface area contributed by atoms with Gasteiger partial charge in [0, 0.05) is 16.8 Å². The second kappa shape index (κ2) is 10.9. The molecule has 0 bridgehead atoms. The minimum atomic E-state index is -4.93. The zero-order chi connectivity index (χ0) is 29.2. The van der Waals surface area contributed by atoms with Gasteiger partial charge in [-0.05, 0) is 60.4 Å². The fraction of sp³-hybridized carbons (Fsp3) is 0.200. The van der Waals surface area contributed by atoms with E-state index in [1.54, 1.807) is 54.6 Å². The molecule has 0 atom stereocenters. The minimum absolute atomic E-state index is 0.239. The standard InChI is InChI=1S/C30H24F3N3O5/c31-30(32,33)24-23(35-27(41-24)21-6-2-1-3-7-21)26(38)34-22-14-12-19(13-15-22)18-8-10-20(11-9-18)25(37)36-29(28(39)40)16-4-5-17-29/h1-3,6-15H,4-5,16-17H2,(H,34,38)(H,36,37)(H,39,40). The van der Waals surface area contributed by atoms with Gasteiger partial charge in [-0.25, -0.2) is 9.78 Å². The van der Waals surface area contributed by atoms with Crippen molar-refractivity contribution in [2.24, 2.45) is 0 Å². The number of aromatic nitrogens is 1. The molecule has 0 unspecified atom stereocenters. The number of carboxylic acid groups (broad SMARTS) is 1. The van der Waals surface area contributed by atoms with E-state index in [1.165, 1.54) is 24.3 Å². The number of nitrogens with zero attached hydrogens (tertiary/aromatic N) is 1. The number of benzene rings is 3. The second-order valence-electron chi connectivity index (χ2n) is 9.72. The largest absolute Gasteiger partial charge is 0.480 e. The van der Waals surface area contributed by atoms with Gasteiger partial charge in [0.1, 0.15) is 5.54 Å². The molecule has 210 valence electrons. The van der Waals surface area contributed by atoms with Crippen LogP contribution in [0.25, 0.3) is 22.6 Å². The highest BCUT2D eigenvalue weighted by Gasteiger charge is 2.43. The average Bonchev–Trinajstić information content (AvgIpc) is 3.63. The van der Waals surface area contributed by atoms with Crippen LogP contribution in [0.2, 0.25) is 0 Å². The van der Waals surface area contributed by atoms with Gasteiger partial charge < -0.3 is 20.2 Å². The Kier molecular flexibility index (Phi) is 7.36. The van der Waals surface area contributed by atoms with Crippen LogP contribution in [0, 0.1) is 0 Å². The number of alkyl halides is 3. The lowest BCUT2D eigenvalue weighted by Gasteiger charge is -2.25. The molecule has 3 aromatic carbocycles. The van der Waals surface area contributed by atoms with Crippen molar-refractivity contribution < 1.29 is 37.1 Å². The third-order valence-electron chi connectivity index (χ3n) is 6.96. The van der Waals surface area contributed by atoms with E-state index in [1.807, 2.05) is 0 Å². The SMILES string of the molecule is O=C(NC1(C(=O)O)CCCC1)c1ccc(-c2ccc(NC(=O)c3nc(-c4ccccc4)oc3C(F)(F)F)cc2)cc1. The highest BCUT2D eigenvalue weighted by Crippen LogP contribution is 2.36. The molecule has 1 aliphatic rings. The summed E-state index contributed by atoms with van der Waals surface area (Å²) in [6, 6.07) is 20.9. The molecule has 11 heteroatoms. The molecule has 1 heterocycles. The van der Waals surface area contributed by atoms with Gasteiger partial charge in [-0.15, -0.1) is 0 Å². The molecule has 5 rings (SSSR count). The first-order valence-electron chi connectivity index (χ1n) is 12.8. The summed E-state index contributed by atoms with van der Waals surface area (Å²) in [5.41, 5.74) is 0.178. The van der Waals surface area contributed by atoms with E-state index < -0.39 is 41.0 Å². The molecule has 2 amide bonds. The molecule has 1 aliphatic carbocycles. The first-order valence-corrected chi connectivity index (χ1v) is 12.8. The van der Waals surface area contributed by atoms with Crippen LogP contribution >= 0.6 is 0 Å². The Balaban J connectivity index is 1.28. The van der Waals surface area contributed by atoms with Crippen LogP contribution in [0.1, 0.15) is 52.3 Å². The number of hydrogen-bond donors (Lipinski definition) is 3. The monoisotopic (exact) mass is 563 g/mol. The fourth-order valence-corrected chi connectivity index (χ4v) is 4.78. The molecule has 1 aromatic heterocycles. The quantitative estimate of drug-likeness (QED) is 0.239. The van der Waals surface area contributed by atoms with E-state index in [2.05, 4.69) is 15.6 Å². The Morgan fingerprint density at radius 2 is 1.39 bits per heavy atom. The number of carbonyl (C=O) groups is 3. The van der Waals surface area contributed by atoms with Gasteiger partial charge in [0.15, 0.2) is 5.69 Å². The summed E-state index contributed by atoms with van der Waals surface area (Å²) in [6.07, 6.45) is -2.68. The fourth-order valence-electron chi connectivity index (χ4n) is 4.78. The first kappa shape index (κ1) is 27.6. The van der Waals surface area contributed by atoms with E-state index in [0.717, 1.165) is 24.0 Å². The lowest BCUT2D eigenvalue weighted by atomic mass is 9.97. The molecule has 1 saturated carbocycles. The molecule has 41 heavy (non-hydrogen) atoms. The summed E-state index contributed by atoms with van der Waals surface area (Å²) < 4.78 is 45.7. The van der Waals surface area contributed by atoms with Crippen molar-refractivity contribution in [2.45, 2.75) is 37.4 Å². The number of oxazole rings is 1. The van der Waals surface area contributed by atoms with Gasteiger partial charge in [0.2, 0.25) is 11.7 Å². The Labute approximate surface area is 232 Å². The number of hydrogen-bond acceptors (Lipinski definition) is 5. The van der Waals surface area contributed by atoms with Gasteiger partial charge in [-0.1, -0.05) is 55.3 Å². The number of halogens is 3. The molecule has 4 aromatic rings. The Morgan fingerprint density at radius 1 is 0.805 bits per heavy atom. The minimum Gasteiger partial charge on any atom is -0.480 e. The van der Waals surface area contributed by atoms with Crippen LogP contribution in [-0.4, -0.2) is 33.4 Å². The molecule has 8 nitrogen and oxygen atoms in total. The van der Waals surface area contributed by atoms with Gasteiger partial charge in [-0.2, -0.15) is 13.2 Å². The van der Waals surface area contributed by atoms with Gasteiger partial charge >= 0.3 is 12.1 Å². The summed E-state index contributed by atoms with van der Waals surface area (Å²) in [6.45, 7) is 0. The van der Waals surface area contributed by atoms with Crippen LogP contribution in [-0.2, 0) is 11.0 Å². The molecule has 1 fully saturated rings. The molecule has 3 N–H and O–H groups in total. The first-order chi connectivity index (χ1) is 19.6. The van der Waals surface area contributed by atoms with Crippen molar-refractivity contribution >= 4 is 23.5 Å². The van der Waals surface area contributed by atoms with E-state index in [0.29, 0.717) is 24.0 Å². The molecular formula is C30H24F3N3O5. The number of aliphatic carboxylic acids is 1. The highest BCUT2D eigenvalue weighted by molar-refractivity contribution is 6.04. The van der Waals surface area contributed by atoms with E-state index in [4.69, 9.17) is 4.42 Å². The zero-order valence-corrected chi connectivity index (χ0v) is 21.5. The van der Waals surface area contributed by atoms with Gasteiger partial charge in [-0.3, -0.25) is 9.59 Å². The number of carbonyl (C=O) groups excluding carboxylic acids is 2. The van der Waals surface area contributed by atoms with Crippen molar-refractivity contribution in [1.29, 1.82) is 0 Å². The summed E-state index contributed by atoms with van der Waals surface area (Å²) in [5.74, 6) is -4.40. The zero-order valence-electron chi connectivity index (χ0n) is 21.5. The van der Waals surface area contributed by atoms with Gasteiger partial charge in [0.25, 0.3) is 11.8 Å². The summed E-state index contributed by atoms with van der Waals surface area (Å²) in [5, 5.41) is 14.7.